The molecule has 1 unspecified atom stereocenters. The van der Waals surface area contributed by atoms with E-state index >= 15 is 0 Å². The Labute approximate surface area is 127 Å². The lowest BCUT2D eigenvalue weighted by Gasteiger charge is -2.23. The fourth-order valence-corrected chi connectivity index (χ4v) is 2.40. The molecule has 0 heterocycles. The summed E-state index contributed by atoms with van der Waals surface area (Å²) in [6.07, 6.45) is 2.09. The molecule has 1 atom stereocenters. The average Bonchev–Trinajstić information content (AvgIpc) is 2.37. The zero-order valence-corrected chi connectivity index (χ0v) is 13.6. The first-order valence-corrected chi connectivity index (χ1v) is 7.27. The van der Waals surface area contributed by atoms with Gasteiger partial charge in [-0.15, -0.1) is 0 Å². The summed E-state index contributed by atoms with van der Waals surface area (Å²) in [5.74, 6) is 0.465. The topological polar surface area (TPSA) is 55.8 Å². The maximum absolute atomic E-state index is 11.5. The van der Waals surface area contributed by atoms with Crippen molar-refractivity contribution in [1.29, 1.82) is 0 Å². The number of hydrogen-bond acceptors (Lipinski definition) is 4. The fraction of sp³-hybridized carbons (Fsp3) is 0.588. The monoisotopic (exact) mass is 294 g/mol. The van der Waals surface area contributed by atoms with Gasteiger partial charge in [-0.05, 0) is 42.4 Å². The van der Waals surface area contributed by atoms with Crippen LogP contribution in [0.3, 0.4) is 0 Å². The molecule has 0 aliphatic carbocycles. The highest BCUT2D eigenvalue weighted by Crippen LogP contribution is 2.27. The molecule has 0 aliphatic rings. The SMILES string of the molecule is COC(=O)c1cc(OCCC(C)CC(C)(C)C)ccc1O. The molecule has 0 fully saturated rings. The summed E-state index contributed by atoms with van der Waals surface area (Å²) in [4.78, 5) is 11.5. The number of benzene rings is 1. The maximum atomic E-state index is 11.5. The van der Waals surface area contributed by atoms with Crippen LogP contribution in [-0.2, 0) is 4.74 Å². The molecule has 118 valence electrons. The van der Waals surface area contributed by atoms with E-state index in [9.17, 15) is 9.90 Å². The average molecular weight is 294 g/mol. The minimum Gasteiger partial charge on any atom is -0.507 e. The number of esters is 1. The number of hydrogen-bond donors (Lipinski definition) is 1. The zero-order valence-electron chi connectivity index (χ0n) is 13.6. The summed E-state index contributed by atoms with van der Waals surface area (Å²) in [6.45, 7) is 9.49. The third-order valence-electron chi connectivity index (χ3n) is 3.21. The number of aromatic hydroxyl groups is 1. The molecular weight excluding hydrogens is 268 g/mol. The second-order valence-electron chi connectivity index (χ2n) is 6.68. The quantitative estimate of drug-likeness (QED) is 0.805. The van der Waals surface area contributed by atoms with Crippen LogP contribution in [-0.4, -0.2) is 24.8 Å². The van der Waals surface area contributed by atoms with E-state index in [1.54, 1.807) is 6.07 Å². The Morgan fingerprint density at radius 2 is 2.00 bits per heavy atom. The van der Waals surface area contributed by atoms with Crippen molar-refractivity contribution in [3.05, 3.63) is 23.8 Å². The Morgan fingerprint density at radius 1 is 1.33 bits per heavy atom. The van der Waals surface area contributed by atoms with Crippen molar-refractivity contribution in [1.82, 2.24) is 0 Å². The summed E-state index contributed by atoms with van der Waals surface area (Å²) in [6, 6.07) is 4.60. The third-order valence-corrected chi connectivity index (χ3v) is 3.21. The van der Waals surface area contributed by atoms with Crippen molar-refractivity contribution in [3.8, 4) is 11.5 Å². The molecular formula is C17H26O4. The molecule has 0 aliphatic heterocycles. The molecule has 0 saturated carbocycles. The van der Waals surface area contributed by atoms with E-state index in [2.05, 4.69) is 32.4 Å². The van der Waals surface area contributed by atoms with Gasteiger partial charge in [0, 0.05) is 0 Å². The van der Waals surface area contributed by atoms with E-state index in [0.29, 0.717) is 23.7 Å². The Kier molecular flexibility index (Phi) is 6.06. The minimum absolute atomic E-state index is 0.102. The molecule has 4 nitrogen and oxygen atoms in total. The van der Waals surface area contributed by atoms with Gasteiger partial charge in [0.2, 0.25) is 0 Å². The first-order chi connectivity index (χ1) is 9.73. The van der Waals surface area contributed by atoms with Crippen molar-refractivity contribution in [3.63, 3.8) is 0 Å². The molecule has 0 saturated heterocycles. The van der Waals surface area contributed by atoms with Crippen LogP contribution in [0.1, 0.15) is 50.9 Å². The lowest BCUT2D eigenvalue weighted by atomic mass is 9.84. The van der Waals surface area contributed by atoms with Gasteiger partial charge in [0.05, 0.1) is 13.7 Å². The molecule has 0 radical (unpaired) electrons. The van der Waals surface area contributed by atoms with Gasteiger partial charge in [-0.3, -0.25) is 0 Å². The van der Waals surface area contributed by atoms with Crippen molar-refractivity contribution < 1.29 is 19.4 Å². The van der Waals surface area contributed by atoms with Gasteiger partial charge in [-0.2, -0.15) is 0 Å². The van der Waals surface area contributed by atoms with Gasteiger partial charge in [-0.1, -0.05) is 27.7 Å². The summed E-state index contributed by atoms with van der Waals surface area (Å²) in [7, 11) is 1.28. The van der Waals surface area contributed by atoms with Crippen LogP contribution < -0.4 is 4.74 Å². The van der Waals surface area contributed by atoms with Crippen LogP contribution in [0.2, 0.25) is 0 Å². The molecule has 21 heavy (non-hydrogen) atoms. The minimum atomic E-state index is -0.570. The van der Waals surface area contributed by atoms with E-state index < -0.39 is 5.97 Å². The van der Waals surface area contributed by atoms with Gasteiger partial charge in [0.25, 0.3) is 0 Å². The fourth-order valence-electron chi connectivity index (χ4n) is 2.40. The number of methoxy groups -OCH3 is 1. The Morgan fingerprint density at radius 3 is 2.57 bits per heavy atom. The zero-order chi connectivity index (χ0) is 16.0. The van der Waals surface area contributed by atoms with Gasteiger partial charge >= 0.3 is 5.97 Å². The highest BCUT2D eigenvalue weighted by Gasteiger charge is 2.16. The van der Waals surface area contributed by atoms with E-state index in [1.807, 2.05) is 0 Å². The summed E-state index contributed by atoms with van der Waals surface area (Å²) < 4.78 is 10.3. The van der Waals surface area contributed by atoms with E-state index in [-0.39, 0.29) is 11.3 Å². The number of phenols is 1. The standard InChI is InChI=1S/C17H26O4/c1-12(11-17(2,3)4)8-9-21-13-6-7-15(18)14(10-13)16(19)20-5/h6-7,10,12,18H,8-9,11H2,1-5H3. The van der Waals surface area contributed by atoms with Crippen LogP contribution in [0.15, 0.2) is 18.2 Å². The molecule has 1 aromatic carbocycles. The molecule has 1 aromatic rings. The van der Waals surface area contributed by atoms with Crippen LogP contribution in [0.4, 0.5) is 0 Å². The van der Waals surface area contributed by atoms with Gasteiger partial charge in [0.1, 0.15) is 17.1 Å². The van der Waals surface area contributed by atoms with E-state index in [1.165, 1.54) is 19.2 Å². The second-order valence-corrected chi connectivity index (χ2v) is 6.68. The summed E-state index contributed by atoms with van der Waals surface area (Å²) in [5, 5.41) is 9.62. The first-order valence-electron chi connectivity index (χ1n) is 7.27. The molecule has 0 bridgehead atoms. The van der Waals surface area contributed by atoms with Crippen molar-refractivity contribution >= 4 is 5.97 Å². The number of rotatable bonds is 6. The largest absolute Gasteiger partial charge is 0.507 e. The Balaban J connectivity index is 2.55. The molecule has 1 rings (SSSR count). The van der Waals surface area contributed by atoms with Crippen LogP contribution in [0.5, 0.6) is 11.5 Å². The summed E-state index contributed by atoms with van der Waals surface area (Å²) in [5.41, 5.74) is 0.438. The molecule has 0 spiro atoms. The highest BCUT2D eigenvalue weighted by molar-refractivity contribution is 5.92. The van der Waals surface area contributed by atoms with Crippen molar-refractivity contribution in [2.24, 2.45) is 11.3 Å². The first kappa shape index (κ1) is 17.3. The molecule has 1 N–H and O–H groups in total. The maximum Gasteiger partial charge on any atom is 0.341 e. The molecule has 4 heteroatoms. The lowest BCUT2D eigenvalue weighted by molar-refractivity contribution is 0.0597. The Hall–Kier alpha value is -1.71. The Bertz CT molecular complexity index is 474. The van der Waals surface area contributed by atoms with Crippen LogP contribution in [0, 0.1) is 11.3 Å². The second kappa shape index (κ2) is 7.34. The van der Waals surface area contributed by atoms with Gasteiger partial charge < -0.3 is 14.6 Å². The molecule has 0 amide bonds. The lowest BCUT2D eigenvalue weighted by Crippen LogP contribution is -2.13. The predicted octanol–water partition coefficient (Wildman–Crippen LogP) is 4.02. The van der Waals surface area contributed by atoms with E-state index in [0.717, 1.165) is 12.8 Å². The number of carbonyl (C=O) groups excluding carboxylic acids is 1. The van der Waals surface area contributed by atoms with Gasteiger partial charge in [0.15, 0.2) is 0 Å². The number of ether oxygens (including phenoxy) is 2. The number of phenolic OH excluding ortho intramolecular Hbond substituents is 1. The normalized spacial score (nSPS) is 12.8. The van der Waals surface area contributed by atoms with Crippen LogP contribution in [0.25, 0.3) is 0 Å². The van der Waals surface area contributed by atoms with Crippen LogP contribution >= 0.6 is 0 Å². The number of carbonyl (C=O) groups is 1. The summed E-state index contributed by atoms with van der Waals surface area (Å²) >= 11 is 0. The van der Waals surface area contributed by atoms with E-state index in [4.69, 9.17) is 4.74 Å². The highest BCUT2D eigenvalue weighted by atomic mass is 16.5. The van der Waals surface area contributed by atoms with Crippen molar-refractivity contribution in [2.45, 2.75) is 40.5 Å². The molecule has 0 aromatic heterocycles. The third kappa shape index (κ3) is 6.06. The van der Waals surface area contributed by atoms with Crippen molar-refractivity contribution in [2.75, 3.05) is 13.7 Å². The smallest absolute Gasteiger partial charge is 0.341 e. The predicted molar refractivity (Wildman–Crippen MR) is 82.8 cm³/mol. The van der Waals surface area contributed by atoms with Gasteiger partial charge in [-0.25, -0.2) is 4.79 Å².